The van der Waals surface area contributed by atoms with Gasteiger partial charge in [0.1, 0.15) is 5.75 Å². The van der Waals surface area contributed by atoms with Gasteiger partial charge in [-0.3, -0.25) is 0 Å². The van der Waals surface area contributed by atoms with E-state index in [-0.39, 0.29) is 6.04 Å². The van der Waals surface area contributed by atoms with E-state index in [1.54, 1.807) is 19.2 Å². The SMILES string of the molecule is Cc1ccc(S(=O)(=O)N(C)C2CCOc3ccccc32)cc1. The van der Waals surface area contributed by atoms with Gasteiger partial charge in [0.05, 0.1) is 17.5 Å². The van der Waals surface area contributed by atoms with Crippen molar-refractivity contribution >= 4 is 10.0 Å². The molecule has 1 aliphatic rings. The second-order valence-corrected chi connectivity index (χ2v) is 7.52. The summed E-state index contributed by atoms with van der Waals surface area (Å²) in [5.41, 5.74) is 1.96. The first-order chi connectivity index (χ1) is 10.5. The van der Waals surface area contributed by atoms with Gasteiger partial charge in [-0.1, -0.05) is 35.9 Å². The lowest BCUT2D eigenvalue weighted by Crippen LogP contribution is -2.34. The Kier molecular flexibility index (Phi) is 3.93. The number of aryl methyl sites for hydroxylation is 1. The molecule has 0 amide bonds. The van der Waals surface area contributed by atoms with E-state index in [2.05, 4.69) is 0 Å². The fourth-order valence-electron chi connectivity index (χ4n) is 2.74. The minimum atomic E-state index is -3.52. The summed E-state index contributed by atoms with van der Waals surface area (Å²) in [7, 11) is -1.88. The third-order valence-electron chi connectivity index (χ3n) is 4.06. The largest absolute Gasteiger partial charge is 0.493 e. The molecule has 0 aliphatic carbocycles. The van der Waals surface area contributed by atoms with Crippen molar-refractivity contribution in [2.45, 2.75) is 24.3 Å². The first-order valence-corrected chi connectivity index (χ1v) is 8.70. The van der Waals surface area contributed by atoms with Crippen molar-refractivity contribution < 1.29 is 13.2 Å². The van der Waals surface area contributed by atoms with Crippen molar-refractivity contribution in [3.8, 4) is 5.75 Å². The zero-order chi connectivity index (χ0) is 15.7. The molecule has 4 nitrogen and oxygen atoms in total. The van der Waals surface area contributed by atoms with E-state index >= 15 is 0 Å². The van der Waals surface area contributed by atoms with Crippen molar-refractivity contribution in [2.24, 2.45) is 0 Å². The second kappa shape index (κ2) is 5.74. The molecule has 22 heavy (non-hydrogen) atoms. The van der Waals surface area contributed by atoms with Gasteiger partial charge in [0.25, 0.3) is 0 Å². The monoisotopic (exact) mass is 317 g/mol. The van der Waals surface area contributed by atoms with Crippen LogP contribution in [0.2, 0.25) is 0 Å². The quantitative estimate of drug-likeness (QED) is 0.874. The van der Waals surface area contributed by atoms with E-state index in [0.717, 1.165) is 16.9 Å². The fraction of sp³-hybridized carbons (Fsp3) is 0.294. The van der Waals surface area contributed by atoms with Crippen LogP contribution in [-0.4, -0.2) is 26.4 Å². The topological polar surface area (TPSA) is 46.6 Å². The molecule has 2 aromatic rings. The van der Waals surface area contributed by atoms with Crippen LogP contribution < -0.4 is 4.74 Å². The van der Waals surface area contributed by atoms with E-state index in [4.69, 9.17) is 4.74 Å². The predicted molar refractivity (Wildman–Crippen MR) is 85.4 cm³/mol. The maximum Gasteiger partial charge on any atom is 0.243 e. The molecule has 0 fully saturated rings. The molecular formula is C17H19NO3S. The van der Waals surface area contributed by atoms with Crippen LogP contribution in [0.5, 0.6) is 5.75 Å². The van der Waals surface area contributed by atoms with Gasteiger partial charge in [-0.2, -0.15) is 4.31 Å². The normalized spacial score (nSPS) is 17.9. The summed E-state index contributed by atoms with van der Waals surface area (Å²) in [4.78, 5) is 0.324. The average Bonchev–Trinajstić information content (AvgIpc) is 2.54. The number of rotatable bonds is 3. The van der Waals surface area contributed by atoms with E-state index in [9.17, 15) is 8.42 Å². The van der Waals surface area contributed by atoms with Gasteiger partial charge in [0.15, 0.2) is 0 Å². The van der Waals surface area contributed by atoms with E-state index in [0.29, 0.717) is 17.9 Å². The smallest absolute Gasteiger partial charge is 0.243 e. The standard InChI is InChI=1S/C17H19NO3S/c1-13-7-9-14(10-8-13)22(19,20)18(2)16-11-12-21-17-6-4-3-5-15(16)17/h3-10,16H,11-12H2,1-2H3. The van der Waals surface area contributed by atoms with Crippen LogP contribution in [0, 0.1) is 6.92 Å². The summed E-state index contributed by atoms with van der Waals surface area (Å²) < 4.78 is 32.7. The molecule has 1 heterocycles. The molecule has 0 radical (unpaired) electrons. The Morgan fingerprint density at radius 3 is 2.50 bits per heavy atom. The Labute approximate surface area is 131 Å². The Bertz CT molecular complexity index is 769. The van der Waals surface area contributed by atoms with Crippen LogP contribution in [0.25, 0.3) is 0 Å². The van der Waals surface area contributed by atoms with E-state index in [1.165, 1.54) is 4.31 Å². The van der Waals surface area contributed by atoms with Gasteiger partial charge in [-0.25, -0.2) is 8.42 Å². The maximum atomic E-state index is 12.8. The summed E-state index contributed by atoms with van der Waals surface area (Å²) in [6.45, 7) is 2.46. The fourth-order valence-corrected chi connectivity index (χ4v) is 4.11. The van der Waals surface area contributed by atoms with Crippen LogP contribution in [0.1, 0.15) is 23.6 Å². The number of hydrogen-bond acceptors (Lipinski definition) is 3. The number of benzene rings is 2. The molecule has 116 valence electrons. The zero-order valence-corrected chi connectivity index (χ0v) is 13.5. The van der Waals surface area contributed by atoms with Crippen LogP contribution in [0.4, 0.5) is 0 Å². The molecule has 0 spiro atoms. The van der Waals surface area contributed by atoms with Crippen molar-refractivity contribution in [1.82, 2.24) is 4.31 Å². The molecule has 1 aliphatic heterocycles. The highest BCUT2D eigenvalue weighted by atomic mass is 32.2. The summed E-state index contributed by atoms with van der Waals surface area (Å²) in [5, 5.41) is 0. The summed E-state index contributed by atoms with van der Waals surface area (Å²) >= 11 is 0. The molecule has 0 saturated heterocycles. The maximum absolute atomic E-state index is 12.8. The molecule has 0 bridgehead atoms. The first-order valence-electron chi connectivity index (χ1n) is 7.26. The third kappa shape index (κ3) is 2.62. The summed E-state index contributed by atoms with van der Waals surface area (Å²) in [6, 6.07) is 14.4. The van der Waals surface area contributed by atoms with Gasteiger partial charge in [-0.15, -0.1) is 0 Å². The van der Waals surface area contributed by atoms with E-state index < -0.39 is 10.0 Å². The van der Waals surface area contributed by atoms with Gasteiger partial charge in [0.2, 0.25) is 10.0 Å². The lowest BCUT2D eigenvalue weighted by molar-refractivity contribution is 0.221. The Hall–Kier alpha value is -1.85. The Morgan fingerprint density at radius 1 is 1.09 bits per heavy atom. The molecule has 0 aromatic heterocycles. The molecule has 5 heteroatoms. The number of ether oxygens (including phenoxy) is 1. The van der Waals surface area contributed by atoms with Crippen LogP contribution >= 0.6 is 0 Å². The number of fused-ring (bicyclic) bond motifs is 1. The van der Waals surface area contributed by atoms with Gasteiger partial charge in [-0.05, 0) is 25.1 Å². The number of sulfonamides is 1. The van der Waals surface area contributed by atoms with Crippen LogP contribution in [0.3, 0.4) is 0 Å². The summed E-state index contributed by atoms with van der Waals surface area (Å²) in [6.07, 6.45) is 0.651. The minimum absolute atomic E-state index is 0.198. The Balaban J connectivity index is 1.97. The van der Waals surface area contributed by atoms with Crippen molar-refractivity contribution in [3.05, 3.63) is 59.7 Å². The van der Waals surface area contributed by atoms with Gasteiger partial charge >= 0.3 is 0 Å². The third-order valence-corrected chi connectivity index (χ3v) is 5.94. The van der Waals surface area contributed by atoms with E-state index in [1.807, 2.05) is 43.3 Å². The first kappa shape index (κ1) is 15.1. The highest BCUT2D eigenvalue weighted by Crippen LogP contribution is 2.37. The van der Waals surface area contributed by atoms with Crippen LogP contribution in [0.15, 0.2) is 53.4 Å². The summed E-state index contributed by atoms with van der Waals surface area (Å²) in [5.74, 6) is 0.768. The minimum Gasteiger partial charge on any atom is -0.493 e. The number of nitrogens with zero attached hydrogens (tertiary/aromatic N) is 1. The molecule has 0 N–H and O–H groups in total. The molecule has 2 aromatic carbocycles. The van der Waals surface area contributed by atoms with Gasteiger partial charge in [0, 0.05) is 19.0 Å². The van der Waals surface area contributed by atoms with Crippen molar-refractivity contribution in [3.63, 3.8) is 0 Å². The lowest BCUT2D eigenvalue weighted by atomic mass is 10.0. The second-order valence-electron chi connectivity index (χ2n) is 5.53. The van der Waals surface area contributed by atoms with Crippen LogP contribution in [-0.2, 0) is 10.0 Å². The number of hydrogen-bond donors (Lipinski definition) is 0. The van der Waals surface area contributed by atoms with Crippen molar-refractivity contribution in [2.75, 3.05) is 13.7 Å². The zero-order valence-electron chi connectivity index (χ0n) is 12.7. The molecule has 0 saturated carbocycles. The van der Waals surface area contributed by atoms with Gasteiger partial charge < -0.3 is 4.74 Å². The van der Waals surface area contributed by atoms with Crippen molar-refractivity contribution in [1.29, 1.82) is 0 Å². The molecule has 1 atom stereocenters. The molecular weight excluding hydrogens is 298 g/mol. The Morgan fingerprint density at radius 2 is 1.77 bits per heavy atom. The highest BCUT2D eigenvalue weighted by molar-refractivity contribution is 7.89. The molecule has 3 rings (SSSR count). The average molecular weight is 317 g/mol. The predicted octanol–water partition coefficient (Wildman–Crippen LogP) is 3.14. The highest BCUT2D eigenvalue weighted by Gasteiger charge is 2.32. The molecule has 1 unspecified atom stereocenters. The lowest BCUT2D eigenvalue weighted by Gasteiger charge is -2.32. The number of para-hydroxylation sites is 1.